The molecule has 0 aromatic rings. The summed E-state index contributed by atoms with van der Waals surface area (Å²) in [5.41, 5.74) is 0. The lowest BCUT2D eigenvalue weighted by molar-refractivity contribution is 0.0323. The van der Waals surface area contributed by atoms with Crippen molar-refractivity contribution in [3.8, 4) is 0 Å². The quantitative estimate of drug-likeness (QED) is 0.295. The Bertz CT molecular complexity index is 280. The molecule has 1 heterocycles. The summed E-state index contributed by atoms with van der Waals surface area (Å²) >= 11 is 0. The SMILES string of the molecule is C=CCNC(=NCC(C)CN1CCOCC1)NCC.I. The molecule has 1 saturated heterocycles. The van der Waals surface area contributed by atoms with Crippen LogP contribution in [0.2, 0.25) is 0 Å². The Morgan fingerprint density at radius 1 is 1.40 bits per heavy atom. The molecule has 0 radical (unpaired) electrons. The van der Waals surface area contributed by atoms with Crippen LogP contribution in [0.15, 0.2) is 17.6 Å². The molecule has 118 valence electrons. The van der Waals surface area contributed by atoms with Crippen LogP contribution in [0.25, 0.3) is 0 Å². The van der Waals surface area contributed by atoms with E-state index in [1.165, 1.54) is 0 Å². The van der Waals surface area contributed by atoms with Crippen molar-refractivity contribution in [1.29, 1.82) is 0 Å². The van der Waals surface area contributed by atoms with Crippen LogP contribution < -0.4 is 10.6 Å². The van der Waals surface area contributed by atoms with Gasteiger partial charge in [-0.2, -0.15) is 0 Å². The fourth-order valence-electron chi connectivity index (χ4n) is 2.04. The Balaban J connectivity index is 0.00000361. The van der Waals surface area contributed by atoms with E-state index in [9.17, 15) is 0 Å². The Morgan fingerprint density at radius 2 is 2.10 bits per heavy atom. The van der Waals surface area contributed by atoms with Crippen LogP contribution in [0.5, 0.6) is 0 Å². The number of halogens is 1. The minimum atomic E-state index is 0. The fraction of sp³-hybridized carbons (Fsp3) is 0.786. The topological polar surface area (TPSA) is 48.9 Å². The fourth-order valence-corrected chi connectivity index (χ4v) is 2.04. The van der Waals surface area contributed by atoms with Gasteiger partial charge in [-0.05, 0) is 12.8 Å². The third-order valence-corrected chi connectivity index (χ3v) is 2.99. The first-order valence-electron chi connectivity index (χ1n) is 7.19. The van der Waals surface area contributed by atoms with Gasteiger partial charge >= 0.3 is 0 Å². The van der Waals surface area contributed by atoms with E-state index >= 15 is 0 Å². The molecule has 0 bridgehead atoms. The summed E-state index contributed by atoms with van der Waals surface area (Å²) in [7, 11) is 0. The average molecular weight is 396 g/mol. The summed E-state index contributed by atoms with van der Waals surface area (Å²) in [6, 6.07) is 0. The number of rotatable bonds is 7. The van der Waals surface area contributed by atoms with E-state index in [-0.39, 0.29) is 24.0 Å². The predicted molar refractivity (Wildman–Crippen MR) is 96.0 cm³/mol. The molecule has 1 rings (SSSR count). The molecule has 5 nitrogen and oxygen atoms in total. The summed E-state index contributed by atoms with van der Waals surface area (Å²) in [6.45, 7) is 15.4. The van der Waals surface area contributed by atoms with Gasteiger partial charge < -0.3 is 15.4 Å². The molecule has 0 amide bonds. The minimum Gasteiger partial charge on any atom is -0.379 e. The zero-order chi connectivity index (χ0) is 13.9. The second-order valence-electron chi connectivity index (χ2n) is 4.91. The number of nitrogens with zero attached hydrogens (tertiary/aromatic N) is 2. The van der Waals surface area contributed by atoms with Crippen LogP contribution >= 0.6 is 24.0 Å². The van der Waals surface area contributed by atoms with Gasteiger partial charge in [0.2, 0.25) is 0 Å². The number of hydrogen-bond acceptors (Lipinski definition) is 3. The van der Waals surface area contributed by atoms with Gasteiger partial charge in [-0.25, -0.2) is 0 Å². The molecule has 1 unspecified atom stereocenters. The first-order valence-corrected chi connectivity index (χ1v) is 7.19. The monoisotopic (exact) mass is 396 g/mol. The number of ether oxygens (including phenoxy) is 1. The molecular formula is C14H29IN4O. The predicted octanol–water partition coefficient (Wildman–Crippen LogP) is 1.31. The first-order chi connectivity index (χ1) is 9.26. The lowest BCUT2D eigenvalue weighted by Crippen LogP contribution is -2.40. The van der Waals surface area contributed by atoms with Crippen LogP contribution in [-0.2, 0) is 4.74 Å². The number of nitrogens with one attached hydrogen (secondary N) is 2. The van der Waals surface area contributed by atoms with Crippen LogP contribution in [0.4, 0.5) is 0 Å². The van der Waals surface area contributed by atoms with Crippen molar-refractivity contribution in [2.45, 2.75) is 13.8 Å². The second-order valence-corrected chi connectivity index (χ2v) is 4.91. The highest BCUT2D eigenvalue weighted by Gasteiger charge is 2.13. The van der Waals surface area contributed by atoms with Gasteiger partial charge in [-0.1, -0.05) is 13.0 Å². The maximum Gasteiger partial charge on any atom is 0.191 e. The van der Waals surface area contributed by atoms with Gasteiger partial charge in [-0.15, -0.1) is 30.6 Å². The molecule has 1 aliphatic heterocycles. The van der Waals surface area contributed by atoms with Crippen molar-refractivity contribution in [2.75, 3.05) is 52.5 Å². The van der Waals surface area contributed by atoms with Gasteiger partial charge in [-0.3, -0.25) is 9.89 Å². The average Bonchev–Trinajstić information content (AvgIpc) is 2.43. The zero-order valence-electron chi connectivity index (χ0n) is 12.7. The van der Waals surface area contributed by atoms with E-state index in [0.717, 1.165) is 58.4 Å². The van der Waals surface area contributed by atoms with Crippen LogP contribution in [0.1, 0.15) is 13.8 Å². The van der Waals surface area contributed by atoms with E-state index in [4.69, 9.17) is 4.74 Å². The molecule has 0 aromatic heterocycles. The highest BCUT2D eigenvalue weighted by Crippen LogP contribution is 2.03. The smallest absolute Gasteiger partial charge is 0.191 e. The van der Waals surface area contributed by atoms with Crippen LogP contribution in [0.3, 0.4) is 0 Å². The first kappa shape index (κ1) is 19.7. The molecular weight excluding hydrogens is 367 g/mol. The highest BCUT2D eigenvalue weighted by atomic mass is 127. The van der Waals surface area contributed by atoms with Crippen molar-refractivity contribution >= 4 is 29.9 Å². The van der Waals surface area contributed by atoms with E-state index < -0.39 is 0 Å². The highest BCUT2D eigenvalue weighted by molar-refractivity contribution is 14.0. The van der Waals surface area contributed by atoms with Gasteiger partial charge in [0, 0.05) is 39.3 Å². The van der Waals surface area contributed by atoms with Crippen molar-refractivity contribution < 1.29 is 4.74 Å². The zero-order valence-corrected chi connectivity index (χ0v) is 15.1. The third kappa shape index (κ3) is 8.76. The lowest BCUT2D eigenvalue weighted by Gasteiger charge is -2.28. The summed E-state index contributed by atoms with van der Waals surface area (Å²) in [6.07, 6.45) is 1.84. The third-order valence-electron chi connectivity index (χ3n) is 2.99. The molecule has 1 fully saturated rings. The Morgan fingerprint density at radius 3 is 2.70 bits per heavy atom. The summed E-state index contributed by atoms with van der Waals surface area (Å²) in [5.74, 6) is 1.42. The molecule has 6 heteroatoms. The Labute approximate surface area is 140 Å². The van der Waals surface area contributed by atoms with Crippen LogP contribution in [0, 0.1) is 5.92 Å². The molecule has 0 aromatic carbocycles. The van der Waals surface area contributed by atoms with Gasteiger partial charge in [0.1, 0.15) is 0 Å². The number of hydrogen-bond donors (Lipinski definition) is 2. The Kier molecular flexibility index (Phi) is 12.2. The van der Waals surface area contributed by atoms with E-state index in [1.807, 2.05) is 6.08 Å². The maximum absolute atomic E-state index is 5.36. The van der Waals surface area contributed by atoms with Crippen molar-refractivity contribution in [3.63, 3.8) is 0 Å². The van der Waals surface area contributed by atoms with Crippen LogP contribution in [-0.4, -0.2) is 63.3 Å². The number of aliphatic imine (C=N–C) groups is 1. The molecule has 2 N–H and O–H groups in total. The number of guanidine groups is 1. The second kappa shape index (κ2) is 12.4. The van der Waals surface area contributed by atoms with Gasteiger partial charge in [0.05, 0.1) is 13.2 Å². The largest absolute Gasteiger partial charge is 0.379 e. The minimum absolute atomic E-state index is 0. The van der Waals surface area contributed by atoms with Crippen molar-refractivity contribution in [1.82, 2.24) is 15.5 Å². The van der Waals surface area contributed by atoms with Gasteiger partial charge in [0.15, 0.2) is 5.96 Å². The van der Waals surface area contributed by atoms with Gasteiger partial charge in [0.25, 0.3) is 0 Å². The summed E-state index contributed by atoms with van der Waals surface area (Å²) < 4.78 is 5.36. The maximum atomic E-state index is 5.36. The molecule has 20 heavy (non-hydrogen) atoms. The molecule has 0 spiro atoms. The molecule has 0 saturated carbocycles. The van der Waals surface area contributed by atoms with E-state index in [0.29, 0.717) is 5.92 Å². The summed E-state index contributed by atoms with van der Waals surface area (Å²) in [5, 5.41) is 6.45. The van der Waals surface area contributed by atoms with Crippen molar-refractivity contribution in [2.24, 2.45) is 10.9 Å². The standard InChI is InChI=1S/C14H28N4O.HI/c1-4-6-16-14(15-5-2)17-11-13(3)12-18-7-9-19-10-8-18;/h4,13H,1,5-12H2,2-3H3,(H2,15,16,17);1H. The van der Waals surface area contributed by atoms with E-state index in [2.05, 4.69) is 41.0 Å². The molecule has 1 atom stereocenters. The van der Waals surface area contributed by atoms with Crippen molar-refractivity contribution in [3.05, 3.63) is 12.7 Å². The lowest BCUT2D eigenvalue weighted by atomic mass is 10.1. The normalized spacial score (nSPS) is 18.0. The summed E-state index contributed by atoms with van der Waals surface area (Å²) in [4.78, 5) is 7.06. The molecule has 1 aliphatic rings. The Hall–Kier alpha value is -0.340. The van der Waals surface area contributed by atoms with E-state index in [1.54, 1.807) is 0 Å². The molecule has 0 aliphatic carbocycles. The number of morpholine rings is 1.